The van der Waals surface area contributed by atoms with Crippen LogP contribution in [0.15, 0.2) is 30.3 Å². The minimum absolute atomic E-state index is 0.0336. The van der Waals surface area contributed by atoms with E-state index in [0.717, 1.165) is 0 Å². The number of ether oxygens (including phenoxy) is 1. The number of aliphatic hydroxyl groups is 1. The average molecular weight is 235 g/mol. The predicted octanol–water partition coefficient (Wildman–Crippen LogP) is 1.93. The Hall–Kier alpha value is -1.55. The second-order valence-electron chi connectivity index (χ2n) is 4.97. The van der Waals surface area contributed by atoms with Gasteiger partial charge >= 0.3 is 6.09 Å². The van der Waals surface area contributed by atoms with Crippen molar-refractivity contribution >= 4 is 6.09 Å². The van der Waals surface area contributed by atoms with Gasteiger partial charge in [0.05, 0.1) is 6.10 Å². The quantitative estimate of drug-likeness (QED) is 0.823. The Morgan fingerprint density at radius 3 is 2.59 bits per heavy atom. The number of carbonyl (C=O) groups is 1. The standard InChI is InChI=1S/C13H17NO3/c1-13(2)10(8-11(13)15)14-12(16)17-9-6-4-3-5-7-9/h3-7,10-11,15H,8H2,1-2H3,(H,14,16). The number of rotatable bonds is 2. The number of aliphatic hydroxyl groups excluding tert-OH is 1. The van der Waals surface area contributed by atoms with Crippen molar-refractivity contribution in [1.29, 1.82) is 0 Å². The number of para-hydroxylation sites is 1. The molecule has 0 heterocycles. The average Bonchev–Trinajstić information content (AvgIpc) is 2.30. The van der Waals surface area contributed by atoms with Crippen LogP contribution in [-0.4, -0.2) is 23.3 Å². The molecule has 2 N–H and O–H groups in total. The van der Waals surface area contributed by atoms with Crippen molar-refractivity contribution in [2.24, 2.45) is 5.41 Å². The SMILES string of the molecule is CC1(C)C(O)CC1NC(=O)Oc1ccccc1. The Balaban J connectivity index is 1.87. The summed E-state index contributed by atoms with van der Waals surface area (Å²) in [6, 6.07) is 8.88. The molecule has 2 unspecified atom stereocenters. The number of benzene rings is 1. The molecule has 4 nitrogen and oxygen atoms in total. The Kier molecular flexibility index (Phi) is 3.07. The largest absolute Gasteiger partial charge is 0.412 e. The molecule has 92 valence electrons. The van der Waals surface area contributed by atoms with Crippen LogP contribution >= 0.6 is 0 Å². The molecule has 1 amide bonds. The molecule has 1 aromatic rings. The van der Waals surface area contributed by atoms with Crippen LogP contribution < -0.4 is 10.1 Å². The van der Waals surface area contributed by atoms with E-state index < -0.39 is 6.09 Å². The molecular formula is C13H17NO3. The summed E-state index contributed by atoms with van der Waals surface area (Å²) < 4.78 is 5.12. The van der Waals surface area contributed by atoms with E-state index in [1.165, 1.54) is 0 Å². The summed E-state index contributed by atoms with van der Waals surface area (Å²) in [4.78, 5) is 11.6. The predicted molar refractivity (Wildman–Crippen MR) is 63.8 cm³/mol. The summed E-state index contributed by atoms with van der Waals surface area (Å²) in [6.45, 7) is 3.85. The third-order valence-corrected chi connectivity index (χ3v) is 3.46. The van der Waals surface area contributed by atoms with Gasteiger partial charge in [-0.15, -0.1) is 0 Å². The molecule has 17 heavy (non-hydrogen) atoms. The van der Waals surface area contributed by atoms with Crippen molar-refractivity contribution in [3.8, 4) is 5.75 Å². The molecule has 1 aromatic carbocycles. The first-order valence-corrected chi connectivity index (χ1v) is 5.71. The zero-order valence-electron chi connectivity index (χ0n) is 10.0. The lowest BCUT2D eigenvalue weighted by Gasteiger charge is -2.48. The van der Waals surface area contributed by atoms with Gasteiger partial charge in [0.1, 0.15) is 5.75 Å². The third kappa shape index (κ3) is 2.42. The fourth-order valence-corrected chi connectivity index (χ4v) is 1.91. The summed E-state index contributed by atoms with van der Waals surface area (Å²) in [5.41, 5.74) is -0.282. The van der Waals surface area contributed by atoms with Crippen LogP contribution in [0.3, 0.4) is 0 Å². The highest BCUT2D eigenvalue weighted by molar-refractivity contribution is 5.71. The van der Waals surface area contributed by atoms with Crippen LogP contribution in [0.25, 0.3) is 0 Å². The van der Waals surface area contributed by atoms with Gasteiger partial charge in [-0.05, 0) is 18.6 Å². The lowest BCUT2D eigenvalue weighted by Crippen LogP contribution is -2.61. The maximum absolute atomic E-state index is 11.6. The highest BCUT2D eigenvalue weighted by Crippen LogP contribution is 2.40. The Labute approximate surface area is 101 Å². The molecule has 0 radical (unpaired) electrons. The van der Waals surface area contributed by atoms with Crippen molar-refractivity contribution in [3.05, 3.63) is 30.3 Å². The van der Waals surface area contributed by atoms with Crippen LogP contribution in [0.2, 0.25) is 0 Å². The lowest BCUT2D eigenvalue weighted by molar-refractivity contribution is -0.0692. The van der Waals surface area contributed by atoms with Crippen molar-refractivity contribution in [2.45, 2.75) is 32.4 Å². The van der Waals surface area contributed by atoms with E-state index in [4.69, 9.17) is 4.74 Å². The summed E-state index contributed by atoms with van der Waals surface area (Å²) in [6.07, 6.45) is -0.248. The van der Waals surface area contributed by atoms with E-state index in [1.807, 2.05) is 19.9 Å². The van der Waals surface area contributed by atoms with Gasteiger partial charge in [-0.2, -0.15) is 0 Å². The molecule has 0 aliphatic heterocycles. The zero-order chi connectivity index (χ0) is 12.5. The van der Waals surface area contributed by atoms with Gasteiger partial charge in [0.2, 0.25) is 0 Å². The molecule has 1 saturated carbocycles. The monoisotopic (exact) mass is 235 g/mol. The summed E-state index contributed by atoms with van der Waals surface area (Å²) >= 11 is 0. The first-order chi connectivity index (χ1) is 8.00. The van der Waals surface area contributed by atoms with Gasteiger partial charge < -0.3 is 15.2 Å². The molecular weight excluding hydrogens is 218 g/mol. The molecule has 0 saturated heterocycles. The summed E-state index contributed by atoms with van der Waals surface area (Å²) in [5.74, 6) is 0.516. The van der Waals surface area contributed by atoms with Crippen molar-refractivity contribution in [3.63, 3.8) is 0 Å². The van der Waals surface area contributed by atoms with E-state index in [0.29, 0.717) is 12.2 Å². The van der Waals surface area contributed by atoms with Crippen LogP contribution in [-0.2, 0) is 0 Å². The number of nitrogens with one attached hydrogen (secondary N) is 1. The van der Waals surface area contributed by atoms with Crippen molar-refractivity contribution in [2.75, 3.05) is 0 Å². The molecule has 2 rings (SSSR count). The van der Waals surface area contributed by atoms with E-state index in [9.17, 15) is 9.90 Å². The molecule has 1 aliphatic carbocycles. The molecule has 4 heteroatoms. The second kappa shape index (κ2) is 4.37. The fraction of sp³-hybridized carbons (Fsp3) is 0.462. The number of amides is 1. The maximum Gasteiger partial charge on any atom is 0.412 e. The van der Waals surface area contributed by atoms with Crippen LogP contribution in [0.4, 0.5) is 4.79 Å². The molecule has 1 fully saturated rings. The van der Waals surface area contributed by atoms with Gasteiger partial charge in [-0.25, -0.2) is 4.79 Å². The van der Waals surface area contributed by atoms with Gasteiger partial charge in [0, 0.05) is 11.5 Å². The molecule has 2 atom stereocenters. The first-order valence-electron chi connectivity index (χ1n) is 5.71. The Morgan fingerprint density at radius 1 is 1.41 bits per heavy atom. The van der Waals surface area contributed by atoms with Crippen molar-refractivity contribution < 1.29 is 14.6 Å². The number of hydrogen-bond donors (Lipinski definition) is 2. The highest BCUT2D eigenvalue weighted by atomic mass is 16.6. The van der Waals surface area contributed by atoms with E-state index >= 15 is 0 Å². The normalized spacial score (nSPS) is 25.8. The minimum Gasteiger partial charge on any atom is -0.410 e. The molecule has 1 aliphatic rings. The third-order valence-electron chi connectivity index (χ3n) is 3.46. The summed E-state index contributed by atoms with van der Waals surface area (Å²) in [7, 11) is 0. The lowest BCUT2D eigenvalue weighted by atomic mass is 9.65. The maximum atomic E-state index is 11.6. The van der Waals surface area contributed by atoms with Gasteiger partial charge in [0.25, 0.3) is 0 Å². The zero-order valence-corrected chi connectivity index (χ0v) is 10.0. The summed E-state index contributed by atoms with van der Waals surface area (Å²) in [5, 5.41) is 12.3. The second-order valence-corrected chi connectivity index (χ2v) is 4.97. The van der Waals surface area contributed by atoms with Crippen molar-refractivity contribution in [1.82, 2.24) is 5.32 Å². The molecule has 0 spiro atoms. The van der Waals surface area contributed by atoms with Crippen LogP contribution in [0, 0.1) is 5.41 Å². The van der Waals surface area contributed by atoms with Gasteiger partial charge in [-0.1, -0.05) is 32.0 Å². The first kappa shape index (κ1) is 11.9. The fourth-order valence-electron chi connectivity index (χ4n) is 1.91. The van der Waals surface area contributed by atoms with Gasteiger partial charge in [0.15, 0.2) is 0 Å². The number of carbonyl (C=O) groups excluding carboxylic acids is 1. The topological polar surface area (TPSA) is 58.6 Å². The Morgan fingerprint density at radius 2 is 2.06 bits per heavy atom. The Bertz CT molecular complexity index is 402. The highest BCUT2D eigenvalue weighted by Gasteiger charge is 2.48. The van der Waals surface area contributed by atoms with Crippen LogP contribution in [0.5, 0.6) is 5.75 Å². The smallest absolute Gasteiger partial charge is 0.410 e. The van der Waals surface area contributed by atoms with Gasteiger partial charge in [-0.3, -0.25) is 0 Å². The molecule has 0 aromatic heterocycles. The number of hydrogen-bond acceptors (Lipinski definition) is 3. The van der Waals surface area contributed by atoms with E-state index in [2.05, 4.69) is 5.32 Å². The molecule has 0 bridgehead atoms. The minimum atomic E-state index is -0.471. The van der Waals surface area contributed by atoms with E-state index in [-0.39, 0.29) is 17.6 Å². The van der Waals surface area contributed by atoms with Crippen LogP contribution in [0.1, 0.15) is 20.3 Å². The van der Waals surface area contributed by atoms with E-state index in [1.54, 1.807) is 24.3 Å².